The summed E-state index contributed by atoms with van der Waals surface area (Å²) in [5, 5.41) is 16.8. The molecule has 1 amide bonds. The van der Waals surface area contributed by atoms with Crippen LogP contribution in [0.4, 0.5) is 34.5 Å². The van der Waals surface area contributed by atoms with Crippen molar-refractivity contribution >= 4 is 40.4 Å². The number of amides is 1. The zero-order valence-corrected chi connectivity index (χ0v) is 18.1. The van der Waals surface area contributed by atoms with Crippen molar-refractivity contribution in [3.8, 4) is 0 Å². The Labute approximate surface area is 191 Å². The van der Waals surface area contributed by atoms with Crippen LogP contribution < -0.4 is 21.3 Å². The molecular weight excluding hydrogens is 416 g/mol. The van der Waals surface area contributed by atoms with Gasteiger partial charge < -0.3 is 21.3 Å². The van der Waals surface area contributed by atoms with E-state index in [-0.39, 0.29) is 5.91 Å². The van der Waals surface area contributed by atoms with Crippen molar-refractivity contribution in [2.45, 2.75) is 6.54 Å². The molecule has 2 aromatic heterocycles. The Morgan fingerprint density at radius 2 is 1.85 bits per heavy atom. The fourth-order valence-corrected chi connectivity index (χ4v) is 3.08. The molecule has 0 spiro atoms. The van der Waals surface area contributed by atoms with E-state index in [1.54, 1.807) is 23.1 Å². The van der Waals surface area contributed by atoms with Gasteiger partial charge in [-0.05, 0) is 29.8 Å². The average Bonchev–Trinajstić information content (AvgIpc) is 3.24. The van der Waals surface area contributed by atoms with Gasteiger partial charge in [0.2, 0.25) is 11.9 Å². The van der Waals surface area contributed by atoms with Crippen molar-refractivity contribution in [3.63, 3.8) is 0 Å². The van der Waals surface area contributed by atoms with E-state index in [0.29, 0.717) is 24.0 Å². The molecule has 0 aliphatic heterocycles. The highest BCUT2D eigenvalue weighted by Gasteiger charge is 2.10. The Hall–Kier alpha value is -4.66. The van der Waals surface area contributed by atoms with E-state index in [1.165, 1.54) is 6.08 Å². The molecule has 0 atom stereocenters. The average molecular weight is 441 g/mol. The molecule has 0 radical (unpaired) electrons. The van der Waals surface area contributed by atoms with E-state index in [9.17, 15) is 4.79 Å². The summed E-state index contributed by atoms with van der Waals surface area (Å²) in [6, 6.07) is 17.4. The van der Waals surface area contributed by atoms with Gasteiger partial charge in [-0.15, -0.1) is 0 Å². The smallest absolute Gasteiger partial charge is 0.247 e. The lowest BCUT2D eigenvalue weighted by atomic mass is 10.2. The van der Waals surface area contributed by atoms with Crippen LogP contribution in [0.3, 0.4) is 0 Å². The molecule has 9 heteroatoms. The quantitative estimate of drug-likeness (QED) is 0.285. The summed E-state index contributed by atoms with van der Waals surface area (Å²) in [6.07, 6.45) is 6.49. The van der Waals surface area contributed by atoms with Crippen molar-refractivity contribution in [3.05, 3.63) is 91.4 Å². The Morgan fingerprint density at radius 3 is 2.61 bits per heavy atom. The van der Waals surface area contributed by atoms with Crippen molar-refractivity contribution in [1.29, 1.82) is 0 Å². The molecule has 0 bridgehead atoms. The van der Waals surface area contributed by atoms with E-state index in [1.807, 2.05) is 61.8 Å². The first-order chi connectivity index (χ1) is 16.1. The van der Waals surface area contributed by atoms with Crippen molar-refractivity contribution in [2.24, 2.45) is 7.05 Å². The highest BCUT2D eigenvalue weighted by atomic mass is 16.1. The molecule has 166 valence electrons. The normalized spacial score (nSPS) is 10.3. The summed E-state index contributed by atoms with van der Waals surface area (Å²) in [5.41, 5.74) is 4.05. The van der Waals surface area contributed by atoms with Crippen LogP contribution in [0.25, 0.3) is 0 Å². The molecule has 2 aromatic carbocycles. The monoisotopic (exact) mass is 440 g/mol. The zero-order chi connectivity index (χ0) is 23.0. The standard InChI is InChI=1S/C24H24N8O/c1-3-22(33)28-18-10-7-11-19(12-18)29-23-21(25-13-17-8-5-4-6-9-17)15-26-24(31-23)30-20-14-27-32(2)16-20/h3-12,14-16,25H,1,13H2,2H3,(H,28,33)(H2,26,29,30,31). The third kappa shape index (κ3) is 5.95. The molecule has 4 rings (SSSR count). The number of carbonyl (C=O) groups excluding carboxylic acids is 1. The van der Waals surface area contributed by atoms with Crippen LogP contribution in [0.5, 0.6) is 0 Å². The number of benzene rings is 2. The number of anilines is 6. The minimum absolute atomic E-state index is 0.276. The van der Waals surface area contributed by atoms with Crippen LogP contribution in [0.1, 0.15) is 5.56 Å². The van der Waals surface area contributed by atoms with Crippen LogP contribution in [0, 0.1) is 0 Å². The number of rotatable bonds is 9. The summed E-state index contributed by atoms with van der Waals surface area (Å²) >= 11 is 0. The summed E-state index contributed by atoms with van der Waals surface area (Å²) in [5.74, 6) is 0.730. The maximum Gasteiger partial charge on any atom is 0.247 e. The van der Waals surface area contributed by atoms with Crippen molar-refractivity contribution < 1.29 is 4.79 Å². The maximum atomic E-state index is 11.6. The van der Waals surface area contributed by atoms with Gasteiger partial charge in [0, 0.05) is 31.2 Å². The van der Waals surface area contributed by atoms with E-state index >= 15 is 0 Å². The topological polar surface area (TPSA) is 109 Å². The van der Waals surface area contributed by atoms with Gasteiger partial charge in [0.15, 0.2) is 5.82 Å². The number of aryl methyl sites for hydroxylation is 1. The van der Waals surface area contributed by atoms with Gasteiger partial charge in [-0.1, -0.05) is 43.0 Å². The third-order valence-corrected chi connectivity index (χ3v) is 4.65. The molecule has 0 unspecified atom stereocenters. The second kappa shape index (κ2) is 10.1. The molecule has 2 heterocycles. The molecule has 0 aliphatic carbocycles. The lowest BCUT2D eigenvalue weighted by Gasteiger charge is -2.15. The first-order valence-corrected chi connectivity index (χ1v) is 10.3. The Bertz CT molecular complexity index is 1250. The largest absolute Gasteiger partial charge is 0.377 e. The lowest BCUT2D eigenvalue weighted by molar-refractivity contribution is -0.111. The maximum absolute atomic E-state index is 11.6. The van der Waals surface area contributed by atoms with Gasteiger partial charge in [-0.3, -0.25) is 9.48 Å². The first-order valence-electron chi connectivity index (χ1n) is 10.3. The Kier molecular flexibility index (Phi) is 6.60. The lowest BCUT2D eigenvalue weighted by Crippen LogP contribution is -2.08. The SMILES string of the molecule is C=CC(=O)Nc1cccc(Nc2nc(Nc3cnn(C)c3)ncc2NCc2ccccc2)c1. The minimum Gasteiger partial charge on any atom is -0.377 e. The predicted molar refractivity (Wildman–Crippen MR) is 131 cm³/mol. The first kappa shape index (κ1) is 21.6. The van der Waals surface area contributed by atoms with Gasteiger partial charge in [0.25, 0.3) is 0 Å². The zero-order valence-electron chi connectivity index (χ0n) is 18.1. The van der Waals surface area contributed by atoms with E-state index in [2.05, 4.69) is 42.9 Å². The summed E-state index contributed by atoms with van der Waals surface area (Å²) in [6.45, 7) is 4.10. The van der Waals surface area contributed by atoms with Crippen molar-refractivity contribution in [1.82, 2.24) is 19.7 Å². The molecule has 0 aliphatic rings. The molecular formula is C24H24N8O. The fourth-order valence-electron chi connectivity index (χ4n) is 3.08. The van der Waals surface area contributed by atoms with Gasteiger partial charge >= 0.3 is 0 Å². The second-order valence-electron chi connectivity index (χ2n) is 7.22. The Balaban J connectivity index is 1.59. The highest BCUT2D eigenvalue weighted by molar-refractivity contribution is 5.99. The van der Waals surface area contributed by atoms with Crippen LogP contribution in [0.2, 0.25) is 0 Å². The molecule has 0 fully saturated rings. The highest BCUT2D eigenvalue weighted by Crippen LogP contribution is 2.27. The predicted octanol–water partition coefficient (Wildman–Crippen LogP) is 4.43. The van der Waals surface area contributed by atoms with Gasteiger partial charge in [-0.25, -0.2) is 4.98 Å². The van der Waals surface area contributed by atoms with E-state index < -0.39 is 0 Å². The second-order valence-corrected chi connectivity index (χ2v) is 7.22. The number of aromatic nitrogens is 4. The number of nitrogens with zero attached hydrogens (tertiary/aromatic N) is 4. The number of hydrogen-bond donors (Lipinski definition) is 4. The molecule has 0 saturated heterocycles. The van der Waals surface area contributed by atoms with Gasteiger partial charge in [0.05, 0.1) is 23.8 Å². The van der Waals surface area contributed by atoms with E-state index in [0.717, 1.165) is 22.6 Å². The van der Waals surface area contributed by atoms with Gasteiger partial charge in [0.1, 0.15) is 0 Å². The molecule has 33 heavy (non-hydrogen) atoms. The minimum atomic E-state index is -0.276. The molecule has 4 N–H and O–H groups in total. The third-order valence-electron chi connectivity index (χ3n) is 4.65. The van der Waals surface area contributed by atoms with Crippen LogP contribution in [0.15, 0.2) is 85.8 Å². The number of nitrogens with one attached hydrogen (secondary N) is 4. The van der Waals surface area contributed by atoms with Crippen LogP contribution in [-0.2, 0) is 18.4 Å². The van der Waals surface area contributed by atoms with Crippen LogP contribution >= 0.6 is 0 Å². The molecule has 0 saturated carbocycles. The Morgan fingerprint density at radius 1 is 1.03 bits per heavy atom. The van der Waals surface area contributed by atoms with Gasteiger partial charge in [-0.2, -0.15) is 10.1 Å². The summed E-state index contributed by atoms with van der Waals surface area (Å²) in [4.78, 5) is 20.7. The summed E-state index contributed by atoms with van der Waals surface area (Å²) < 4.78 is 1.69. The molecule has 9 nitrogen and oxygen atoms in total. The fraction of sp³-hybridized carbons (Fsp3) is 0.0833. The van der Waals surface area contributed by atoms with Crippen molar-refractivity contribution in [2.75, 3.05) is 21.3 Å². The number of carbonyl (C=O) groups is 1. The van der Waals surface area contributed by atoms with E-state index in [4.69, 9.17) is 0 Å². The number of hydrogen-bond acceptors (Lipinski definition) is 7. The molecule has 4 aromatic rings. The summed E-state index contributed by atoms with van der Waals surface area (Å²) in [7, 11) is 1.84. The van der Waals surface area contributed by atoms with Crippen LogP contribution in [-0.4, -0.2) is 25.7 Å².